The highest BCUT2D eigenvalue weighted by atomic mass is 32.1. The number of aryl methyl sites for hydroxylation is 1. The minimum Gasteiger partial charge on any atom is -0.381 e. The van der Waals surface area contributed by atoms with Crippen LogP contribution in [0.2, 0.25) is 0 Å². The zero-order valence-corrected chi connectivity index (χ0v) is 11.1. The van der Waals surface area contributed by atoms with Crippen molar-refractivity contribution in [3.05, 3.63) is 45.6 Å². The van der Waals surface area contributed by atoms with Crippen molar-refractivity contribution < 1.29 is 0 Å². The fraction of sp³-hybridized carbons (Fsp3) is 0.154. The van der Waals surface area contributed by atoms with Gasteiger partial charge in [-0.3, -0.25) is 0 Å². The maximum Gasteiger partial charge on any atom is 0.0907 e. The Morgan fingerprint density at radius 3 is 3.06 bits per heavy atom. The van der Waals surface area contributed by atoms with E-state index in [-0.39, 0.29) is 0 Å². The molecule has 4 heteroatoms. The summed E-state index contributed by atoms with van der Waals surface area (Å²) in [6, 6.07) is 8.49. The molecule has 0 radical (unpaired) electrons. The molecule has 0 saturated heterocycles. The highest BCUT2D eigenvalue weighted by Gasteiger charge is 2.01. The summed E-state index contributed by atoms with van der Waals surface area (Å²) in [6.07, 6.45) is 0. The van der Waals surface area contributed by atoms with Gasteiger partial charge in [0.05, 0.1) is 15.2 Å². The number of rotatable bonds is 3. The molecule has 0 aliphatic carbocycles. The maximum absolute atomic E-state index is 4.46. The van der Waals surface area contributed by atoms with Gasteiger partial charge in [-0.25, -0.2) is 4.98 Å². The number of benzene rings is 1. The van der Waals surface area contributed by atoms with Crippen LogP contribution in [-0.2, 0) is 6.54 Å². The topological polar surface area (TPSA) is 24.9 Å². The molecule has 2 heterocycles. The lowest BCUT2D eigenvalue weighted by Gasteiger charge is -2.04. The second kappa shape index (κ2) is 4.47. The van der Waals surface area contributed by atoms with E-state index in [1.807, 2.05) is 6.92 Å². The molecule has 3 rings (SSSR count). The number of nitrogens with one attached hydrogen (secondary N) is 1. The van der Waals surface area contributed by atoms with E-state index in [0.29, 0.717) is 0 Å². The van der Waals surface area contributed by atoms with Crippen molar-refractivity contribution in [2.24, 2.45) is 0 Å². The van der Waals surface area contributed by atoms with Gasteiger partial charge < -0.3 is 5.32 Å². The third-order valence-electron chi connectivity index (χ3n) is 2.57. The van der Waals surface area contributed by atoms with Gasteiger partial charge in [-0.05, 0) is 47.5 Å². The Balaban J connectivity index is 1.81. The standard InChI is InChI=1S/C13H12N2S2/c1-9-15-12-3-2-11(6-13(12)17-9)14-7-10-4-5-16-8-10/h2-6,8,14H,7H2,1H3. The van der Waals surface area contributed by atoms with Crippen molar-refractivity contribution in [1.82, 2.24) is 4.98 Å². The third-order valence-corrected chi connectivity index (χ3v) is 4.24. The molecule has 0 fully saturated rings. The second-order valence-electron chi connectivity index (χ2n) is 3.90. The monoisotopic (exact) mass is 260 g/mol. The minimum absolute atomic E-state index is 0.882. The SMILES string of the molecule is Cc1nc2ccc(NCc3ccsc3)cc2s1. The van der Waals surface area contributed by atoms with Crippen molar-refractivity contribution in [2.75, 3.05) is 5.32 Å². The summed E-state index contributed by atoms with van der Waals surface area (Å²) in [7, 11) is 0. The first-order valence-corrected chi connectivity index (χ1v) is 7.19. The molecule has 1 aromatic carbocycles. The third kappa shape index (κ3) is 2.33. The lowest BCUT2D eigenvalue weighted by atomic mass is 10.3. The number of nitrogens with zero attached hydrogens (tertiary/aromatic N) is 1. The van der Waals surface area contributed by atoms with Gasteiger partial charge in [0.15, 0.2) is 0 Å². The van der Waals surface area contributed by atoms with Crippen LogP contribution in [0.1, 0.15) is 10.6 Å². The van der Waals surface area contributed by atoms with Crippen LogP contribution in [0, 0.1) is 6.92 Å². The molecule has 2 nitrogen and oxygen atoms in total. The van der Waals surface area contributed by atoms with E-state index in [9.17, 15) is 0 Å². The number of hydrogen-bond donors (Lipinski definition) is 1. The largest absolute Gasteiger partial charge is 0.381 e. The molecular weight excluding hydrogens is 248 g/mol. The van der Waals surface area contributed by atoms with Crippen LogP contribution in [-0.4, -0.2) is 4.98 Å². The summed E-state index contributed by atoms with van der Waals surface area (Å²) >= 11 is 3.47. The molecule has 0 spiro atoms. The fourth-order valence-corrected chi connectivity index (χ4v) is 3.28. The first-order valence-electron chi connectivity index (χ1n) is 5.43. The number of aromatic nitrogens is 1. The molecule has 1 N–H and O–H groups in total. The van der Waals surface area contributed by atoms with Crippen LogP contribution in [0.5, 0.6) is 0 Å². The quantitative estimate of drug-likeness (QED) is 0.760. The average molecular weight is 260 g/mol. The normalized spacial score (nSPS) is 10.9. The van der Waals surface area contributed by atoms with E-state index in [2.05, 4.69) is 45.3 Å². The summed E-state index contributed by atoms with van der Waals surface area (Å²) in [4.78, 5) is 4.46. The summed E-state index contributed by atoms with van der Waals surface area (Å²) in [5, 5.41) is 8.83. The lowest BCUT2D eigenvalue weighted by Crippen LogP contribution is -1.97. The van der Waals surface area contributed by atoms with Gasteiger partial charge >= 0.3 is 0 Å². The van der Waals surface area contributed by atoms with Gasteiger partial charge in [-0.15, -0.1) is 11.3 Å². The van der Waals surface area contributed by atoms with Gasteiger partial charge in [-0.2, -0.15) is 11.3 Å². The number of hydrogen-bond acceptors (Lipinski definition) is 4. The first kappa shape index (κ1) is 10.7. The van der Waals surface area contributed by atoms with Crippen LogP contribution in [0.3, 0.4) is 0 Å². The fourth-order valence-electron chi connectivity index (χ4n) is 1.75. The Morgan fingerprint density at radius 1 is 1.29 bits per heavy atom. The molecule has 17 heavy (non-hydrogen) atoms. The van der Waals surface area contributed by atoms with E-state index in [0.717, 1.165) is 22.8 Å². The smallest absolute Gasteiger partial charge is 0.0907 e. The molecule has 0 saturated carbocycles. The molecule has 0 amide bonds. The Bertz CT molecular complexity index is 626. The van der Waals surface area contributed by atoms with Crippen molar-refractivity contribution in [1.29, 1.82) is 0 Å². The Morgan fingerprint density at radius 2 is 2.24 bits per heavy atom. The van der Waals surface area contributed by atoms with Crippen LogP contribution in [0.4, 0.5) is 5.69 Å². The average Bonchev–Trinajstić information content (AvgIpc) is 2.92. The first-order chi connectivity index (χ1) is 8.31. The number of anilines is 1. The van der Waals surface area contributed by atoms with Gasteiger partial charge in [0.2, 0.25) is 0 Å². The predicted molar refractivity (Wildman–Crippen MR) is 76.0 cm³/mol. The highest BCUT2D eigenvalue weighted by molar-refractivity contribution is 7.18. The van der Waals surface area contributed by atoms with E-state index in [4.69, 9.17) is 0 Å². The summed E-state index contributed by atoms with van der Waals surface area (Å²) in [5.41, 5.74) is 3.58. The van der Waals surface area contributed by atoms with Gasteiger partial charge in [0.1, 0.15) is 0 Å². The molecule has 0 atom stereocenters. The minimum atomic E-state index is 0.882. The second-order valence-corrected chi connectivity index (χ2v) is 5.92. The van der Waals surface area contributed by atoms with Crippen LogP contribution >= 0.6 is 22.7 Å². The van der Waals surface area contributed by atoms with E-state index in [1.165, 1.54) is 10.3 Å². The number of fused-ring (bicyclic) bond motifs is 1. The van der Waals surface area contributed by atoms with E-state index >= 15 is 0 Å². The Labute approximate surface area is 108 Å². The van der Waals surface area contributed by atoms with Crippen molar-refractivity contribution >= 4 is 38.6 Å². The van der Waals surface area contributed by atoms with Crippen molar-refractivity contribution in [3.8, 4) is 0 Å². The Hall–Kier alpha value is -1.39. The summed E-state index contributed by atoms with van der Waals surface area (Å²) in [6.45, 7) is 2.93. The van der Waals surface area contributed by atoms with E-state index in [1.54, 1.807) is 22.7 Å². The molecule has 0 aliphatic heterocycles. The Kier molecular flexibility index (Phi) is 2.82. The molecule has 0 unspecified atom stereocenters. The molecule has 0 bridgehead atoms. The number of thiophene rings is 1. The van der Waals surface area contributed by atoms with E-state index < -0.39 is 0 Å². The van der Waals surface area contributed by atoms with Crippen LogP contribution < -0.4 is 5.32 Å². The molecule has 0 aliphatic rings. The summed E-state index contributed by atoms with van der Waals surface area (Å²) < 4.78 is 1.25. The highest BCUT2D eigenvalue weighted by Crippen LogP contribution is 2.25. The van der Waals surface area contributed by atoms with Crippen LogP contribution in [0.15, 0.2) is 35.0 Å². The van der Waals surface area contributed by atoms with Gasteiger partial charge in [0, 0.05) is 12.2 Å². The van der Waals surface area contributed by atoms with Crippen molar-refractivity contribution in [2.45, 2.75) is 13.5 Å². The predicted octanol–water partition coefficient (Wildman–Crippen LogP) is 4.28. The maximum atomic E-state index is 4.46. The molecule has 3 aromatic rings. The van der Waals surface area contributed by atoms with Gasteiger partial charge in [-0.1, -0.05) is 0 Å². The van der Waals surface area contributed by atoms with Gasteiger partial charge in [0.25, 0.3) is 0 Å². The summed E-state index contributed by atoms with van der Waals surface area (Å²) in [5.74, 6) is 0. The zero-order chi connectivity index (χ0) is 11.7. The molecule has 2 aromatic heterocycles. The van der Waals surface area contributed by atoms with Crippen LogP contribution in [0.25, 0.3) is 10.2 Å². The molecular formula is C13H12N2S2. The lowest BCUT2D eigenvalue weighted by molar-refractivity contribution is 1.17. The van der Waals surface area contributed by atoms with Crippen molar-refractivity contribution in [3.63, 3.8) is 0 Å². The number of thiazole rings is 1. The molecule has 86 valence electrons. The zero-order valence-electron chi connectivity index (χ0n) is 9.43.